The highest BCUT2D eigenvalue weighted by molar-refractivity contribution is 5.89. The van der Waals surface area contributed by atoms with E-state index in [4.69, 9.17) is 0 Å². The van der Waals surface area contributed by atoms with Gasteiger partial charge in [0.05, 0.1) is 0 Å². The van der Waals surface area contributed by atoms with Crippen molar-refractivity contribution in [1.29, 1.82) is 0 Å². The van der Waals surface area contributed by atoms with E-state index in [1.54, 1.807) is 15.4 Å². The summed E-state index contributed by atoms with van der Waals surface area (Å²) in [4.78, 5) is 34.6. The average Bonchev–Trinajstić information content (AvgIpc) is 3.04. The van der Waals surface area contributed by atoms with Crippen LogP contribution in [0, 0.1) is 0 Å². The van der Waals surface area contributed by atoms with E-state index in [2.05, 4.69) is 34.2 Å². The molecule has 0 saturated heterocycles. The van der Waals surface area contributed by atoms with Crippen LogP contribution < -0.4 is 15.8 Å². The van der Waals surface area contributed by atoms with Crippen molar-refractivity contribution >= 4 is 23.2 Å². The molecule has 1 N–H and O–H groups in total. The molecule has 9 nitrogen and oxygen atoms in total. The van der Waals surface area contributed by atoms with Gasteiger partial charge in [-0.05, 0) is 23.6 Å². The summed E-state index contributed by atoms with van der Waals surface area (Å²) in [5.74, 6) is 0.833. The number of nitrogens with one attached hydrogen (secondary N) is 1. The maximum absolute atomic E-state index is 12.8. The molecule has 0 aliphatic heterocycles. The smallest absolute Gasteiger partial charge is 0.291 e. The fourth-order valence-corrected chi connectivity index (χ4v) is 2.56. The number of hydrogen-bond acceptors (Lipinski definition) is 6. The lowest BCUT2D eigenvalue weighted by Crippen LogP contribution is -2.33. The molecule has 26 heavy (non-hydrogen) atoms. The van der Waals surface area contributed by atoms with Crippen molar-refractivity contribution in [2.75, 3.05) is 24.3 Å². The standard InChI is InChI=1S/C17H21N7O2/c1-11(2)12-7-13-16(26)24(21-17(22(3)4)23(13)8-12)9-15(25)20-14-5-6-18-10-19-14/h5-8,10-11H,9H2,1-4H3,(H,18,19,20,25). The van der Waals surface area contributed by atoms with Gasteiger partial charge in [-0.15, -0.1) is 5.10 Å². The van der Waals surface area contributed by atoms with Crippen LogP contribution in [0.3, 0.4) is 0 Å². The Balaban J connectivity index is 1.99. The van der Waals surface area contributed by atoms with E-state index < -0.39 is 0 Å². The molecule has 0 unspecified atom stereocenters. The third-order valence-electron chi connectivity index (χ3n) is 3.93. The summed E-state index contributed by atoms with van der Waals surface area (Å²) in [5, 5.41) is 6.98. The lowest BCUT2D eigenvalue weighted by atomic mass is 10.1. The Morgan fingerprint density at radius 3 is 2.73 bits per heavy atom. The Morgan fingerprint density at radius 2 is 2.12 bits per heavy atom. The molecule has 0 atom stereocenters. The number of carbonyl (C=O) groups excluding carboxylic acids is 1. The Morgan fingerprint density at radius 1 is 1.35 bits per heavy atom. The molecule has 3 heterocycles. The molecule has 1 amide bonds. The van der Waals surface area contributed by atoms with E-state index in [0.29, 0.717) is 17.3 Å². The van der Waals surface area contributed by atoms with Crippen LogP contribution in [0.1, 0.15) is 25.3 Å². The summed E-state index contributed by atoms with van der Waals surface area (Å²) in [5.41, 5.74) is 1.21. The number of fused-ring (bicyclic) bond motifs is 1. The maximum Gasteiger partial charge on any atom is 0.291 e. The van der Waals surface area contributed by atoms with Gasteiger partial charge in [-0.2, -0.15) is 0 Å². The molecule has 3 rings (SSSR count). The molecule has 0 aliphatic carbocycles. The van der Waals surface area contributed by atoms with Crippen molar-refractivity contribution in [2.45, 2.75) is 26.3 Å². The van der Waals surface area contributed by atoms with Gasteiger partial charge in [0.2, 0.25) is 11.9 Å². The highest BCUT2D eigenvalue weighted by Gasteiger charge is 2.16. The van der Waals surface area contributed by atoms with Gasteiger partial charge in [0.25, 0.3) is 5.56 Å². The molecule has 0 aliphatic rings. The highest BCUT2D eigenvalue weighted by Crippen LogP contribution is 2.19. The molecule has 136 valence electrons. The number of amides is 1. The molecule has 9 heteroatoms. The first-order chi connectivity index (χ1) is 12.4. The Bertz CT molecular complexity index is 990. The predicted octanol–water partition coefficient (Wildman–Crippen LogP) is 1.11. The van der Waals surface area contributed by atoms with Crippen LogP contribution >= 0.6 is 0 Å². The van der Waals surface area contributed by atoms with Gasteiger partial charge in [0.1, 0.15) is 24.2 Å². The summed E-state index contributed by atoms with van der Waals surface area (Å²) in [6, 6.07) is 3.42. The van der Waals surface area contributed by atoms with E-state index >= 15 is 0 Å². The van der Waals surface area contributed by atoms with Crippen LogP contribution in [-0.2, 0) is 11.3 Å². The summed E-state index contributed by atoms with van der Waals surface area (Å²) >= 11 is 0. The molecule has 0 aromatic carbocycles. The molecule has 0 bridgehead atoms. The third kappa shape index (κ3) is 3.41. The maximum atomic E-state index is 12.8. The zero-order valence-electron chi connectivity index (χ0n) is 15.2. The van der Waals surface area contributed by atoms with Crippen LogP contribution in [0.2, 0.25) is 0 Å². The minimum Gasteiger partial charge on any atom is -0.347 e. The Hall–Kier alpha value is -3.23. The summed E-state index contributed by atoms with van der Waals surface area (Å²) in [6.07, 6.45) is 4.77. The van der Waals surface area contributed by atoms with Crippen molar-refractivity contribution in [1.82, 2.24) is 24.1 Å². The summed E-state index contributed by atoms with van der Waals surface area (Å²) in [6.45, 7) is 3.92. The molecule has 3 aromatic rings. The van der Waals surface area contributed by atoms with E-state index in [0.717, 1.165) is 5.56 Å². The number of anilines is 2. The second-order valence-corrected chi connectivity index (χ2v) is 6.48. The SMILES string of the molecule is CC(C)c1cc2c(=O)n(CC(=O)Nc3ccncn3)nc(N(C)C)n2c1. The molecular weight excluding hydrogens is 334 g/mol. The topological polar surface area (TPSA) is 97.4 Å². The van der Waals surface area contributed by atoms with Crippen LogP contribution in [0.15, 0.2) is 35.6 Å². The van der Waals surface area contributed by atoms with E-state index in [1.807, 2.05) is 26.4 Å². The Kier molecular flexibility index (Phi) is 4.70. The van der Waals surface area contributed by atoms with Crippen molar-refractivity contribution < 1.29 is 4.79 Å². The van der Waals surface area contributed by atoms with Gasteiger partial charge in [-0.3, -0.25) is 14.0 Å². The fraction of sp³-hybridized carbons (Fsp3) is 0.353. The normalized spacial score (nSPS) is 11.1. The lowest BCUT2D eigenvalue weighted by Gasteiger charge is -2.15. The van der Waals surface area contributed by atoms with Gasteiger partial charge in [0.15, 0.2) is 0 Å². The summed E-state index contributed by atoms with van der Waals surface area (Å²) < 4.78 is 2.93. The van der Waals surface area contributed by atoms with Crippen molar-refractivity contribution in [3.63, 3.8) is 0 Å². The first-order valence-electron chi connectivity index (χ1n) is 8.23. The number of nitrogens with zero attached hydrogens (tertiary/aromatic N) is 6. The fourth-order valence-electron chi connectivity index (χ4n) is 2.56. The molecule has 0 saturated carbocycles. The number of carbonyl (C=O) groups is 1. The lowest BCUT2D eigenvalue weighted by molar-refractivity contribution is -0.117. The first kappa shape index (κ1) is 17.6. The van der Waals surface area contributed by atoms with Gasteiger partial charge in [0, 0.05) is 26.5 Å². The number of rotatable bonds is 5. The molecule has 0 fully saturated rings. The van der Waals surface area contributed by atoms with Crippen molar-refractivity contribution in [2.24, 2.45) is 0 Å². The van der Waals surface area contributed by atoms with Crippen molar-refractivity contribution in [3.8, 4) is 0 Å². The van der Waals surface area contributed by atoms with E-state index in [9.17, 15) is 9.59 Å². The van der Waals surface area contributed by atoms with Crippen LogP contribution in [0.25, 0.3) is 5.52 Å². The minimum atomic E-state index is -0.386. The highest BCUT2D eigenvalue weighted by atomic mass is 16.2. The molecular formula is C17H21N7O2. The van der Waals surface area contributed by atoms with Crippen LogP contribution in [0.5, 0.6) is 0 Å². The monoisotopic (exact) mass is 355 g/mol. The van der Waals surface area contributed by atoms with Gasteiger partial charge in [-0.25, -0.2) is 14.6 Å². The second kappa shape index (κ2) is 6.95. The van der Waals surface area contributed by atoms with Gasteiger partial charge >= 0.3 is 0 Å². The number of aromatic nitrogens is 5. The zero-order valence-corrected chi connectivity index (χ0v) is 15.2. The average molecular weight is 355 g/mol. The minimum absolute atomic E-state index is 0.206. The second-order valence-electron chi connectivity index (χ2n) is 6.48. The van der Waals surface area contributed by atoms with Gasteiger partial charge in [-0.1, -0.05) is 13.8 Å². The first-order valence-corrected chi connectivity index (χ1v) is 8.23. The van der Waals surface area contributed by atoms with Gasteiger partial charge < -0.3 is 10.2 Å². The molecule has 3 aromatic heterocycles. The Labute approximate surface area is 150 Å². The quantitative estimate of drug-likeness (QED) is 0.736. The largest absolute Gasteiger partial charge is 0.347 e. The van der Waals surface area contributed by atoms with Crippen LogP contribution in [0.4, 0.5) is 11.8 Å². The van der Waals surface area contributed by atoms with Crippen LogP contribution in [-0.4, -0.2) is 44.2 Å². The third-order valence-corrected chi connectivity index (χ3v) is 3.93. The van der Waals surface area contributed by atoms with E-state index in [-0.39, 0.29) is 23.9 Å². The molecule has 0 spiro atoms. The molecule has 0 radical (unpaired) electrons. The predicted molar refractivity (Wildman–Crippen MR) is 98.5 cm³/mol. The number of hydrogen-bond donors (Lipinski definition) is 1. The zero-order chi connectivity index (χ0) is 18.8. The van der Waals surface area contributed by atoms with E-state index in [1.165, 1.54) is 17.2 Å². The van der Waals surface area contributed by atoms with Crippen molar-refractivity contribution in [3.05, 3.63) is 46.8 Å². The summed E-state index contributed by atoms with van der Waals surface area (Å²) in [7, 11) is 3.68.